The van der Waals surface area contributed by atoms with Gasteiger partial charge < -0.3 is 24.5 Å². The van der Waals surface area contributed by atoms with Crippen LogP contribution in [-0.4, -0.2) is 53.5 Å². The Bertz CT molecular complexity index is 645. The van der Waals surface area contributed by atoms with Gasteiger partial charge in [-0.05, 0) is 32.6 Å². The van der Waals surface area contributed by atoms with Crippen molar-refractivity contribution in [2.75, 3.05) is 7.11 Å². The molecule has 2 N–H and O–H groups in total. The van der Waals surface area contributed by atoms with Crippen LogP contribution < -0.4 is 0 Å². The summed E-state index contributed by atoms with van der Waals surface area (Å²) < 4.78 is 11.8. The van der Waals surface area contributed by atoms with Gasteiger partial charge in [-0.1, -0.05) is 33.8 Å². The zero-order chi connectivity index (χ0) is 21.5. The van der Waals surface area contributed by atoms with Gasteiger partial charge in [0, 0.05) is 35.9 Å². The van der Waals surface area contributed by atoms with E-state index in [-0.39, 0.29) is 12.3 Å². The molecule has 0 spiro atoms. The second-order valence-electron chi connectivity index (χ2n) is 9.18. The fraction of sp³-hybridized carbons (Fsp3) is 0.818. The van der Waals surface area contributed by atoms with Crippen molar-refractivity contribution in [2.45, 2.75) is 84.7 Å². The molecule has 2 aliphatic rings. The van der Waals surface area contributed by atoms with E-state index in [1.165, 1.54) is 7.11 Å². The molecular formula is C22H36O6. The largest absolute Gasteiger partial charge is 0.458 e. The highest BCUT2D eigenvalue weighted by molar-refractivity contribution is 5.87. The van der Waals surface area contributed by atoms with Crippen molar-refractivity contribution >= 4 is 12.3 Å². The van der Waals surface area contributed by atoms with E-state index in [0.29, 0.717) is 18.4 Å². The first-order valence-corrected chi connectivity index (χ1v) is 10.2. The molecule has 28 heavy (non-hydrogen) atoms. The predicted octanol–water partition coefficient (Wildman–Crippen LogP) is 2.65. The van der Waals surface area contributed by atoms with Crippen molar-refractivity contribution in [1.82, 2.24) is 0 Å². The number of carbonyl (C=O) groups excluding carboxylic acids is 2. The van der Waals surface area contributed by atoms with E-state index in [0.717, 1.165) is 6.29 Å². The van der Waals surface area contributed by atoms with Crippen molar-refractivity contribution in [3.05, 3.63) is 11.6 Å². The third-order valence-corrected chi connectivity index (χ3v) is 8.13. The minimum atomic E-state index is -1.48. The van der Waals surface area contributed by atoms with Crippen molar-refractivity contribution < 1.29 is 29.3 Å². The topological polar surface area (TPSA) is 93.1 Å². The minimum Gasteiger partial charge on any atom is -0.458 e. The van der Waals surface area contributed by atoms with Gasteiger partial charge in [0.15, 0.2) is 0 Å². The summed E-state index contributed by atoms with van der Waals surface area (Å²) in [5.74, 6) is -0.987. The number of ether oxygens (including phenoxy) is 2. The number of aldehydes is 1. The number of allylic oxidation sites excluding steroid dienone is 1. The highest BCUT2D eigenvalue weighted by atomic mass is 16.6. The molecule has 0 aliphatic heterocycles. The molecule has 2 aliphatic carbocycles. The van der Waals surface area contributed by atoms with Crippen LogP contribution in [0.25, 0.3) is 0 Å². The van der Waals surface area contributed by atoms with Gasteiger partial charge in [0.05, 0.1) is 12.2 Å². The Hall–Kier alpha value is -1.24. The monoisotopic (exact) mass is 396 g/mol. The highest BCUT2D eigenvalue weighted by Crippen LogP contribution is 2.63. The standard InChI is InChI=1S/C22H36O6/c1-8-13(2)18(25)28-19-20(5,15(4)12-23)17(27-7)11-22(26)16(24)10-9-14(3)21(19,22)6/h8,12,14-17,19,24,26H,9-11H2,1-7H3/b13-8-/t14-,15?,16?,17?,19+,20?,21-,22-/m0/s1. The quantitative estimate of drug-likeness (QED) is 0.422. The molecular weight excluding hydrogens is 360 g/mol. The van der Waals surface area contributed by atoms with E-state index < -0.39 is 46.6 Å². The Labute approximate surface area is 168 Å². The zero-order valence-electron chi connectivity index (χ0n) is 18.2. The number of esters is 1. The summed E-state index contributed by atoms with van der Waals surface area (Å²) in [5.41, 5.74) is -2.82. The summed E-state index contributed by atoms with van der Waals surface area (Å²) in [6.45, 7) is 11.0. The maximum atomic E-state index is 12.8. The summed E-state index contributed by atoms with van der Waals surface area (Å²) >= 11 is 0. The molecule has 4 unspecified atom stereocenters. The van der Waals surface area contributed by atoms with Crippen LogP contribution in [0.15, 0.2) is 11.6 Å². The summed E-state index contributed by atoms with van der Waals surface area (Å²) in [6.07, 6.45) is 1.55. The van der Waals surface area contributed by atoms with Crippen LogP contribution in [-0.2, 0) is 19.1 Å². The SMILES string of the molecule is C/C=C(/C)C(=O)O[C@@H]1C(C)(C(C)C=O)C(OC)C[C@]2(O)C(O)CC[C@H](C)[C@@]12C. The number of aliphatic hydroxyl groups is 2. The number of hydrogen-bond acceptors (Lipinski definition) is 6. The van der Waals surface area contributed by atoms with Crippen LogP contribution in [0.4, 0.5) is 0 Å². The summed E-state index contributed by atoms with van der Waals surface area (Å²) in [5, 5.41) is 22.5. The molecule has 160 valence electrons. The molecule has 0 amide bonds. The first kappa shape index (κ1) is 23.0. The van der Waals surface area contributed by atoms with Crippen LogP contribution in [0.3, 0.4) is 0 Å². The lowest BCUT2D eigenvalue weighted by atomic mass is 9.43. The molecule has 0 aromatic heterocycles. The van der Waals surface area contributed by atoms with Gasteiger partial charge in [-0.3, -0.25) is 0 Å². The van der Waals surface area contributed by atoms with Gasteiger partial charge in [0.25, 0.3) is 0 Å². The second kappa shape index (κ2) is 7.88. The molecule has 0 aromatic carbocycles. The number of rotatable bonds is 5. The lowest BCUT2D eigenvalue weighted by molar-refractivity contribution is -0.313. The number of hydrogen-bond donors (Lipinski definition) is 2. The molecule has 2 rings (SSSR count). The normalized spacial score (nSPS) is 45.1. The molecule has 6 heteroatoms. The van der Waals surface area contributed by atoms with E-state index >= 15 is 0 Å². The van der Waals surface area contributed by atoms with Crippen molar-refractivity contribution in [1.29, 1.82) is 0 Å². The molecule has 2 saturated carbocycles. The second-order valence-corrected chi connectivity index (χ2v) is 9.18. The lowest BCUT2D eigenvalue weighted by Crippen LogP contribution is -2.76. The van der Waals surface area contributed by atoms with Crippen LogP contribution in [0.2, 0.25) is 0 Å². The van der Waals surface area contributed by atoms with Crippen molar-refractivity contribution in [2.24, 2.45) is 22.7 Å². The molecule has 8 atom stereocenters. The Morgan fingerprint density at radius 2 is 1.89 bits per heavy atom. The van der Waals surface area contributed by atoms with Gasteiger partial charge in [-0.15, -0.1) is 0 Å². The van der Waals surface area contributed by atoms with Crippen LogP contribution >= 0.6 is 0 Å². The van der Waals surface area contributed by atoms with Crippen LogP contribution in [0.5, 0.6) is 0 Å². The third kappa shape index (κ3) is 3.04. The highest BCUT2D eigenvalue weighted by Gasteiger charge is 2.72. The molecule has 0 heterocycles. The maximum absolute atomic E-state index is 12.8. The van der Waals surface area contributed by atoms with E-state index in [4.69, 9.17) is 9.47 Å². The summed E-state index contributed by atoms with van der Waals surface area (Å²) in [6, 6.07) is 0. The van der Waals surface area contributed by atoms with E-state index in [9.17, 15) is 19.8 Å². The first-order chi connectivity index (χ1) is 12.9. The Kier molecular flexibility index (Phi) is 6.49. The molecule has 0 saturated heterocycles. The molecule has 6 nitrogen and oxygen atoms in total. The number of aliphatic hydroxyl groups excluding tert-OH is 1. The van der Waals surface area contributed by atoms with Gasteiger partial charge in [0.1, 0.15) is 18.0 Å². The molecule has 0 bridgehead atoms. The number of carbonyl (C=O) groups is 2. The number of fused-ring (bicyclic) bond motifs is 1. The number of methoxy groups -OCH3 is 1. The third-order valence-electron chi connectivity index (χ3n) is 8.13. The Morgan fingerprint density at radius 3 is 2.39 bits per heavy atom. The molecule has 0 radical (unpaired) electrons. The minimum absolute atomic E-state index is 0.0272. The molecule has 2 fully saturated rings. The smallest absolute Gasteiger partial charge is 0.333 e. The van der Waals surface area contributed by atoms with Crippen LogP contribution in [0.1, 0.15) is 60.8 Å². The van der Waals surface area contributed by atoms with Gasteiger partial charge >= 0.3 is 5.97 Å². The van der Waals surface area contributed by atoms with E-state index in [1.54, 1.807) is 26.8 Å². The van der Waals surface area contributed by atoms with Gasteiger partial charge in [-0.25, -0.2) is 4.79 Å². The molecule has 0 aromatic rings. The maximum Gasteiger partial charge on any atom is 0.333 e. The first-order valence-electron chi connectivity index (χ1n) is 10.2. The zero-order valence-corrected chi connectivity index (χ0v) is 18.2. The Morgan fingerprint density at radius 1 is 1.29 bits per heavy atom. The fourth-order valence-corrected chi connectivity index (χ4v) is 5.47. The predicted molar refractivity (Wildman–Crippen MR) is 106 cm³/mol. The average Bonchev–Trinajstić information content (AvgIpc) is 2.68. The summed E-state index contributed by atoms with van der Waals surface area (Å²) in [4.78, 5) is 24.6. The van der Waals surface area contributed by atoms with Crippen molar-refractivity contribution in [3.63, 3.8) is 0 Å². The fourth-order valence-electron chi connectivity index (χ4n) is 5.47. The van der Waals surface area contributed by atoms with E-state index in [2.05, 4.69) is 0 Å². The summed E-state index contributed by atoms with van der Waals surface area (Å²) in [7, 11) is 1.53. The van der Waals surface area contributed by atoms with Gasteiger partial charge in [-0.2, -0.15) is 0 Å². The van der Waals surface area contributed by atoms with Crippen molar-refractivity contribution in [3.8, 4) is 0 Å². The average molecular weight is 397 g/mol. The van der Waals surface area contributed by atoms with E-state index in [1.807, 2.05) is 20.8 Å². The van der Waals surface area contributed by atoms with Crippen LogP contribution in [0, 0.1) is 22.7 Å². The lowest BCUT2D eigenvalue weighted by Gasteiger charge is -2.66. The Balaban J connectivity index is 2.72. The van der Waals surface area contributed by atoms with Gasteiger partial charge in [0.2, 0.25) is 0 Å².